The number of allylic oxidation sites excluding steroid dienone is 3. The highest BCUT2D eigenvalue weighted by Crippen LogP contribution is 2.19. The number of ether oxygens (including phenoxy) is 2. The van der Waals surface area contributed by atoms with Gasteiger partial charge in [-0.1, -0.05) is 42.8 Å². The van der Waals surface area contributed by atoms with Crippen LogP contribution in [-0.2, 0) is 25.5 Å². The minimum absolute atomic E-state index is 0.220. The van der Waals surface area contributed by atoms with Crippen molar-refractivity contribution in [2.75, 3.05) is 26.8 Å². The van der Waals surface area contributed by atoms with Crippen molar-refractivity contribution in [1.29, 1.82) is 0 Å². The summed E-state index contributed by atoms with van der Waals surface area (Å²) >= 11 is 0. The molecule has 0 radical (unpaired) electrons. The lowest BCUT2D eigenvalue weighted by atomic mass is 9.96. The van der Waals surface area contributed by atoms with E-state index in [-0.39, 0.29) is 18.1 Å². The van der Waals surface area contributed by atoms with Crippen molar-refractivity contribution in [3.8, 4) is 0 Å². The number of amides is 2. The van der Waals surface area contributed by atoms with Crippen molar-refractivity contribution >= 4 is 11.8 Å². The van der Waals surface area contributed by atoms with Gasteiger partial charge in [-0.2, -0.15) is 0 Å². The molecule has 0 saturated heterocycles. The van der Waals surface area contributed by atoms with Gasteiger partial charge in [0.2, 0.25) is 5.91 Å². The Kier molecular flexibility index (Phi) is 13.7. The highest BCUT2D eigenvalue weighted by atomic mass is 16.7. The van der Waals surface area contributed by atoms with Gasteiger partial charge in [0, 0.05) is 44.4 Å². The van der Waals surface area contributed by atoms with Crippen LogP contribution >= 0.6 is 0 Å². The topological polar surface area (TPSA) is 76.7 Å². The zero-order valence-electron chi connectivity index (χ0n) is 21.0. The van der Waals surface area contributed by atoms with Crippen LogP contribution in [0.4, 0.5) is 0 Å². The highest BCUT2D eigenvalue weighted by Gasteiger charge is 2.14. The van der Waals surface area contributed by atoms with Gasteiger partial charge < -0.3 is 20.1 Å². The number of hydrogen-bond acceptors (Lipinski definition) is 4. The molecule has 182 valence electrons. The summed E-state index contributed by atoms with van der Waals surface area (Å²) in [5.41, 5.74) is 4.34. The van der Waals surface area contributed by atoms with Crippen LogP contribution in [-0.4, -0.2) is 44.9 Å². The molecule has 0 saturated carbocycles. The third-order valence-electron chi connectivity index (χ3n) is 5.24. The van der Waals surface area contributed by atoms with Crippen LogP contribution < -0.4 is 10.6 Å². The first kappa shape index (κ1) is 28.3. The number of hydrogen-bond donors (Lipinski definition) is 2. The SMILES string of the molecule is CCOC(CCNC(=O)C(/C=C(\C)C(=O)NC)=C/C(Cc1ccccc1)=C(\C)CC)OCC. The van der Waals surface area contributed by atoms with Gasteiger partial charge in [-0.25, -0.2) is 0 Å². The minimum atomic E-state index is -0.355. The predicted octanol–water partition coefficient (Wildman–Crippen LogP) is 4.48. The number of nitrogens with one attached hydrogen (secondary N) is 2. The van der Waals surface area contributed by atoms with Crippen molar-refractivity contribution in [3.05, 3.63) is 70.3 Å². The lowest BCUT2D eigenvalue weighted by Crippen LogP contribution is -2.30. The Hall–Kier alpha value is -2.70. The zero-order chi connectivity index (χ0) is 24.6. The van der Waals surface area contributed by atoms with Gasteiger partial charge in [0.15, 0.2) is 6.29 Å². The van der Waals surface area contributed by atoms with E-state index in [9.17, 15) is 9.59 Å². The second-order valence-electron chi connectivity index (χ2n) is 7.71. The molecule has 0 spiro atoms. The Morgan fingerprint density at radius 1 is 0.970 bits per heavy atom. The molecule has 6 nitrogen and oxygen atoms in total. The summed E-state index contributed by atoms with van der Waals surface area (Å²) in [6.45, 7) is 11.2. The lowest BCUT2D eigenvalue weighted by molar-refractivity contribution is -0.139. The van der Waals surface area contributed by atoms with Crippen molar-refractivity contribution < 1.29 is 19.1 Å². The molecular weight excluding hydrogens is 416 g/mol. The summed E-state index contributed by atoms with van der Waals surface area (Å²) in [6.07, 6.45) is 5.31. The van der Waals surface area contributed by atoms with Gasteiger partial charge in [0.05, 0.1) is 0 Å². The van der Waals surface area contributed by atoms with Crippen LogP contribution in [0.2, 0.25) is 0 Å². The molecule has 0 aliphatic carbocycles. The summed E-state index contributed by atoms with van der Waals surface area (Å²) in [5, 5.41) is 5.56. The summed E-state index contributed by atoms with van der Waals surface area (Å²) in [7, 11) is 1.58. The Balaban J connectivity index is 3.19. The van der Waals surface area contributed by atoms with Crippen molar-refractivity contribution in [2.24, 2.45) is 0 Å². The number of rotatable bonds is 14. The Bertz CT molecular complexity index is 835. The van der Waals surface area contributed by atoms with E-state index in [4.69, 9.17) is 9.47 Å². The number of carbonyl (C=O) groups excluding carboxylic acids is 2. The standard InChI is InChI=1S/C27H40N2O4/c1-7-20(4)23(18-22-13-11-10-12-14-22)19-24(17-21(5)26(30)28-6)27(31)29-16-15-25(32-8-2)33-9-3/h10-14,17,19,25H,7-9,15-16,18H2,1-6H3,(H,28,30)(H,29,31)/b21-17+,23-20+,24-19+. The molecule has 0 heterocycles. The normalized spacial score (nSPS) is 13.1. The van der Waals surface area contributed by atoms with E-state index in [1.54, 1.807) is 20.0 Å². The van der Waals surface area contributed by atoms with E-state index in [2.05, 4.69) is 36.6 Å². The van der Waals surface area contributed by atoms with Crippen LogP contribution in [0.25, 0.3) is 0 Å². The van der Waals surface area contributed by atoms with E-state index < -0.39 is 0 Å². The van der Waals surface area contributed by atoms with E-state index in [1.807, 2.05) is 38.1 Å². The van der Waals surface area contributed by atoms with Gasteiger partial charge in [-0.05, 0) is 63.8 Å². The quantitative estimate of drug-likeness (QED) is 0.246. The fourth-order valence-electron chi connectivity index (χ4n) is 3.22. The number of likely N-dealkylation sites (N-methyl/N-ethyl adjacent to an activating group) is 1. The Labute approximate surface area is 199 Å². The maximum absolute atomic E-state index is 13.1. The first-order valence-corrected chi connectivity index (χ1v) is 11.7. The van der Waals surface area contributed by atoms with Crippen molar-refractivity contribution in [1.82, 2.24) is 10.6 Å². The Morgan fingerprint density at radius 2 is 1.61 bits per heavy atom. The second-order valence-corrected chi connectivity index (χ2v) is 7.71. The number of benzene rings is 1. The summed E-state index contributed by atoms with van der Waals surface area (Å²) in [4.78, 5) is 25.2. The monoisotopic (exact) mass is 456 g/mol. The third kappa shape index (κ3) is 10.6. The maximum Gasteiger partial charge on any atom is 0.251 e. The molecule has 0 aliphatic heterocycles. The second kappa shape index (κ2) is 16.0. The van der Waals surface area contributed by atoms with Crippen molar-refractivity contribution in [2.45, 2.75) is 60.2 Å². The first-order chi connectivity index (χ1) is 15.9. The molecule has 0 unspecified atom stereocenters. The average Bonchev–Trinajstić information content (AvgIpc) is 2.82. The molecule has 0 aliphatic rings. The molecule has 1 rings (SSSR count). The number of carbonyl (C=O) groups is 2. The zero-order valence-corrected chi connectivity index (χ0v) is 21.0. The van der Waals surface area contributed by atoms with E-state index in [0.717, 1.165) is 12.0 Å². The predicted molar refractivity (Wildman–Crippen MR) is 134 cm³/mol. The molecule has 0 atom stereocenters. The molecule has 2 N–H and O–H groups in total. The Morgan fingerprint density at radius 3 is 2.15 bits per heavy atom. The van der Waals surface area contributed by atoms with Crippen LogP contribution in [0.3, 0.4) is 0 Å². The molecule has 6 heteroatoms. The summed E-state index contributed by atoms with van der Waals surface area (Å²) in [6, 6.07) is 10.2. The largest absolute Gasteiger partial charge is 0.355 e. The molecule has 0 fully saturated rings. The molecule has 1 aromatic rings. The van der Waals surface area contributed by atoms with E-state index in [1.165, 1.54) is 11.1 Å². The van der Waals surface area contributed by atoms with Gasteiger partial charge in [-0.15, -0.1) is 0 Å². The fraction of sp³-hybridized carbons (Fsp3) is 0.481. The lowest BCUT2D eigenvalue weighted by Gasteiger charge is -2.17. The fourth-order valence-corrected chi connectivity index (χ4v) is 3.22. The van der Waals surface area contributed by atoms with Gasteiger partial charge >= 0.3 is 0 Å². The third-order valence-corrected chi connectivity index (χ3v) is 5.24. The summed E-state index contributed by atoms with van der Waals surface area (Å²) in [5.74, 6) is -0.457. The first-order valence-electron chi connectivity index (χ1n) is 11.7. The molecule has 33 heavy (non-hydrogen) atoms. The van der Waals surface area contributed by atoms with Gasteiger partial charge in [0.1, 0.15) is 0 Å². The van der Waals surface area contributed by atoms with Gasteiger partial charge in [-0.3, -0.25) is 9.59 Å². The summed E-state index contributed by atoms with van der Waals surface area (Å²) < 4.78 is 11.1. The van der Waals surface area contributed by atoms with Crippen molar-refractivity contribution in [3.63, 3.8) is 0 Å². The molecule has 1 aromatic carbocycles. The molecular formula is C27H40N2O4. The van der Waals surface area contributed by atoms with E-state index >= 15 is 0 Å². The van der Waals surface area contributed by atoms with Crippen LogP contribution in [0.1, 0.15) is 53.0 Å². The smallest absolute Gasteiger partial charge is 0.251 e. The molecule has 2 amide bonds. The minimum Gasteiger partial charge on any atom is -0.355 e. The highest BCUT2D eigenvalue weighted by molar-refractivity contribution is 6.00. The van der Waals surface area contributed by atoms with Crippen LogP contribution in [0, 0.1) is 0 Å². The maximum atomic E-state index is 13.1. The molecule has 0 aromatic heterocycles. The van der Waals surface area contributed by atoms with Gasteiger partial charge in [0.25, 0.3) is 5.91 Å². The average molecular weight is 457 g/mol. The van der Waals surface area contributed by atoms with Crippen LogP contribution in [0.15, 0.2) is 64.8 Å². The van der Waals surface area contributed by atoms with E-state index in [0.29, 0.717) is 43.7 Å². The van der Waals surface area contributed by atoms with Crippen LogP contribution in [0.5, 0.6) is 0 Å². The molecule has 0 bridgehead atoms.